The lowest BCUT2D eigenvalue weighted by molar-refractivity contribution is -0.137. The molecule has 2 amide bonds. The third-order valence-corrected chi connectivity index (χ3v) is 8.09. The summed E-state index contributed by atoms with van der Waals surface area (Å²) in [5, 5.41) is 3.32. The molecule has 3 N–H and O–H groups in total. The van der Waals surface area contributed by atoms with Gasteiger partial charge >= 0.3 is 6.18 Å². The fourth-order valence-corrected chi connectivity index (χ4v) is 5.48. The molecule has 6 rings (SSSR count). The van der Waals surface area contributed by atoms with Crippen LogP contribution in [0.1, 0.15) is 40.1 Å². The standard InChI is InChI=1S/C36H29F5N4O3/c37-35(38)12-14-45(15-13-35)34(47)24-8-6-23(7-9-24)26-16-27-18-29(21-44-32(46)11-5-22-4-10-31(42)43-20-22)48-33(27)30(19-26)25-2-1-3-28(17-25)36(39,40)41/h1-11,16-20H,12-15,21H2,(H2,42,43)(H,44,46). The van der Waals surface area contributed by atoms with Crippen molar-refractivity contribution in [2.45, 2.75) is 31.5 Å². The van der Waals surface area contributed by atoms with Crippen LogP contribution in [0.25, 0.3) is 39.3 Å². The van der Waals surface area contributed by atoms with Crippen LogP contribution in [0.15, 0.2) is 95.6 Å². The summed E-state index contributed by atoms with van der Waals surface area (Å²) in [5.41, 5.74) is 8.10. The number of nitrogens with zero attached hydrogens (tertiary/aromatic N) is 2. The average Bonchev–Trinajstić information content (AvgIpc) is 3.49. The number of hydrogen-bond acceptors (Lipinski definition) is 5. The lowest BCUT2D eigenvalue weighted by Crippen LogP contribution is -2.42. The molecule has 1 aliphatic rings. The molecule has 0 radical (unpaired) electrons. The lowest BCUT2D eigenvalue weighted by atomic mass is 9.95. The Kier molecular flexibility index (Phi) is 8.74. The second-order valence-corrected chi connectivity index (χ2v) is 11.5. The van der Waals surface area contributed by atoms with Gasteiger partial charge in [0.05, 0.1) is 12.1 Å². The van der Waals surface area contributed by atoms with E-state index in [-0.39, 0.29) is 43.9 Å². The first-order chi connectivity index (χ1) is 22.8. The number of piperidine rings is 1. The van der Waals surface area contributed by atoms with Crippen molar-refractivity contribution >= 4 is 34.7 Å². The number of hydrogen-bond donors (Lipinski definition) is 2. The van der Waals surface area contributed by atoms with Crippen LogP contribution >= 0.6 is 0 Å². The molecule has 3 aromatic carbocycles. The summed E-state index contributed by atoms with van der Waals surface area (Å²) < 4.78 is 74.2. The highest BCUT2D eigenvalue weighted by molar-refractivity contribution is 5.98. The van der Waals surface area contributed by atoms with Gasteiger partial charge in [0.15, 0.2) is 0 Å². The minimum absolute atomic E-state index is 0.00838. The molecular weight excluding hydrogens is 631 g/mol. The van der Waals surface area contributed by atoms with Crippen molar-refractivity contribution in [3.05, 3.63) is 114 Å². The monoisotopic (exact) mass is 660 g/mol. The van der Waals surface area contributed by atoms with E-state index in [0.29, 0.717) is 50.4 Å². The van der Waals surface area contributed by atoms with Gasteiger partial charge in [-0.1, -0.05) is 24.3 Å². The maximum absolute atomic E-state index is 13.6. The molecule has 0 aliphatic carbocycles. The molecule has 12 heteroatoms. The van der Waals surface area contributed by atoms with Gasteiger partial charge in [-0.3, -0.25) is 9.59 Å². The first-order valence-electron chi connectivity index (χ1n) is 15.0. The topological polar surface area (TPSA) is 101 Å². The largest absolute Gasteiger partial charge is 0.459 e. The number of fused-ring (bicyclic) bond motifs is 1. The summed E-state index contributed by atoms with van der Waals surface area (Å²) in [6.45, 7) is -0.0666. The molecule has 0 spiro atoms. The predicted octanol–water partition coefficient (Wildman–Crippen LogP) is 7.96. The summed E-state index contributed by atoms with van der Waals surface area (Å²) in [6, 6.07) is 20.0. The lowest BCUT2D eigenvalue weighted by Gasteiger charge is -2.31. The van der Waals surface area contributed by atoms with E-state index in [1.165, 1.54) is 23.2 Å². The summed E-state index contributed by atoms with van der Waals surface area (Å²) in [5.74, 6) is -2.80. The van der Waals surface area contributed by atoms with Crippen molar-refractivity contribution in [2.24, 2.45) is 0 Å². The number of anilines is 1. The minimum Gasteiger partial charge on any atom is -0.459 e. The number of rotatable bonds is 7. The number of likely N-dealkylation sites (tertiary alicyclic amines) is 1. The van der Waals surface area contributed by atoms with Crippen LogP contribution < -0.4 is 11.1 Å². The van der Waals surface area contributed by atoms with Crippen molar-refractivity contribution in [1.29, 1.82) is 0 Å². The maximum atomic E-state index is 13.6. The number of nitrogens with two attached hydrogens (primary N) is 1. The minimum atomic E-state index is -4.56. The average molecular weight is 661 g/mol. The van der Waals surface area contributed by atoms with Gasteiger partial charge in [0.2, 0.25) is 5.91 Å². The fourth-order valence-electron chi connectivity index (χ4n) is 5.48. The SMILES string of the molecule is Nc1ccc(C=CC(=O)NCc2cc3cc(-c4ccc(C(=O)N5CCC(F)(F)CC5)cc4)cc(-c4cccc(C(F)(F)F)c4)c3o2)cn1. The highest BCUT2D eigenvalue weighted by Crippen LogP contribution is 2.39. The van der Waals surface area contributed by atoms with E-state index in [4.69, 9.17) is 10.2 Å². The molecule has 246 valence electrons. The Bertz CT molecular complexity index is 1990. The quantitative estimate of drug-likeness (QED) is 0.136. The number of carbonyl (C=O) groups excluding carboxylic acids is 2. The first-order valence-corrected chi connectivity index (χ1v) is 15.0. The number of nitrogen functional groups attached to an aromatic ring is 1. The molecule has 0 saturated carbocycles. The summed E-state index contributed by atoms with van der Waals surface area (Å²) in [4.78, 5) is 30.8. The predicted molar refractivity (Wildman–Crippen MR) is 172 cm³/mol. The molecule has 0 bridgehead atoms. The van der Waals surface area contributed by atoms with E-state index in [0.717, 1.165) is 12.1 Å². The number of pyridine rings is 1. The second kappa shape index (κ2) is 12.9. The first kappa shape index (κ1) is 32.4. The van der Waals surface area contributed by atoms with E-state index in [2.05, 4.69) is 10.3 Å². The van der Waals surface area contributed by atoms with Gasteiger partial charge < -0.3 is 20.4 Å². The maximum Gasteiger partial charge on any atom is 0.416 e. The molecule has 1 saturated heterocycles. The Morgan fingerprint density at radius 1 is 0.938 bits per heavy atom. The van der Waals surface area contributed by atoms with E-state index in [9.17, 15) is 31.5 Å². The molecule has 5 aromatic rings. The number of furan rings is 1. The van der Waals surface area contributed by atoms with Crippen LogP contribution in [0.2, 0.25) is 0 Å². The van der Waals surface area contributed by atoms with E-state index >= 15 is 0 Å². The molecule has 3 heterocycles. The van der Waals surface area contributed by atoms with Gasteiger partial charge in [-0.15, -0.1) is 0 Å². The van der Waals surface area contributed by atoms with Crippen molar-refractivity contribution in [2.75, 3.05) is 18.8 Å². The van der Waals surface area contributed by atoms with Crippen LogP contribution in [0.3, 0.4) is 0 Å². The van der Waals surface area contributed by atoms with E-state index in [1.807, 2.05) is 0 Å². The smallest absolute Gasteiger partial charge is 0.416 e. The fraction of sp³-hybridized carbons (Fsp3) is 0.194. The molecule has 0 atom stereocenters. The number of carbonyl (C=O) groups is 2. The molecule has 7 nitrogen and oxygen atoms in total. The third-order valence-electron chi connectivity index (χ3n) is 8.09. The molecule has 2 aromatic heterocycles. The zero-order valence-corrected chi connectivity index (χ0v) is 25.4. The van der Waals surface area contributed by atoms with Crippen LogP contribution in [0.5, 0.6) is 0 Å². The van der Waals surface area contributed by atoms with Crippen LogP contribution in [0, 0.1) is 0 Å². The second-order valence-electron chi connectivity index (χ2n) is 11.5. The highest BCUT2D eigenvalue weighted by Gasteiger charge is 2.36. The zero-order valence-electron chi connectivity index (χ0n) is 25.4. The molecule has 1 fully saturated rings. The third kappa shape index (κ3) is 7.38. The number of nitrogens with one attached hydrogen (secondary N) is 1. The number of aromatic nitrogens is 1. The highest BCUT2D eigenvalue weighted by atomic mass is 19.4. The van der Waals surface area contributed by atoms with Crippen LogP contribution in [-0.4, -0.2) is 40.7 Å². The van der Waals surface area contributed by atoms with Crippen molar-refractivity contribution in [3.8, 4) is 22.3 Å². The van der Waals surface area contributed by atoms with Gasteiger partial charge in [0.1, 0.15) is 17.2 Å². The zero-order chi connectivity index (χ0) is 34.1. The Hall–Kier alpha value is -5.52. The number of halogens is 5. The Labute approximate surface area is 271 Å². The number of alkyl halides is 5. The number of benzene rings is 3. The molecule has 0 unspecified atom stereocenters. The van der Waals surface area contributed by atoms with Crippen molar-refractivity contribution in [3.63, 3.8) is 0 Å². The Morgan fingerprint density at radius 3 is 2.38 bits per heavy atom. The van der Waals surface area contributed by atoms with Crippen molar-refractivity contribution < 1.29 is 36.0 Å². The Balaban J connectivity index is 1.29. The van der Waals surface area contributed by atoms with Gasteiger partial charge in [0, 0.05) is 54.7 Å². The van der Waals surface area contributed by atoms with Crippen molar-refractivity contribution in [1.82, 2.24) is 15.2 Å². The van der Waals surface area contributed by atoms with Gasteiger partial charge in [0.25, 0.3) is 11.8 Å². The molecule has 48 heavy (non-hydrogen) atoms. The summed E-state index contributed by atoms with van der Waals surface area (Å²) in [6.07, 6.45) is -0.908. The van der Waals surface area contributed by atoms with Gasteiger partial charge in [-0.05, 0) is 82.9 Å². The molecular formula is C36H29F5N4O3. The van der Waals surface area contributed by atoms with Gasteiger partial charge in [-0.25, -0.2) is 13.8 Å². The molecule has 1 aliphatic heterocycles. The van der Waals surface area contributed by atoms with E-state index in [1.54, 1.807) is 66.7 Å². The number of amides is 2. The van der Waals surface area contributed by atoms with Crippen LogP contribution in [0.4, 0.5) is 27.8 Å². The summed E-state index contributed by atoms with van der Waals surface area (Å²) >= 11 is 0. The van der Waals surface area contributed by atoms with E-state index < -0.39 is 23.6 Å². The van der Waals surface area contributed by atoms with Crippen LogP contribution in [-0.2, 0) is 17.5 Å². The normalized spacial score (nSPS) is 14.8. The Morgan fingerprint density at radius 2 is 1.69 bits per heavy atom. The summed E-state index contributed by atoms with van der Waals surface area (Å²) in [7, 11) is 0. The van der Waals surface area contributed by atoms with Gasteiger partial charge in [-0.2, -0.15) is 13.2 Å².